The fourth-order valence-electron chi connectivity index (χ4n) is 3.41. The number of nitro benzene ring substituents is 1. The maximum absolute atomic E-state index is 11.5. The van der Waals surface area contributed by atoms with E-state index in [4.69, 9.17) is 0 Å². The van der Waals surface area contributed by atoms with E-state index in [1.807, 2.05) is 0 Å². The summed E-state index contributed by atoms with van der Waals surface area (Å²) in [7, 11) is 0. The zero-order chi connectivity index (χ0) is 16.6. The van der Waals surface area contributed by atoms with Crippen LogP contribution in [0.2, 0.25) is 0 Å². The number of hydrogen-bond donors (Lipinski definition) is 2. The van der Waals surface area contributed by atoms with Gasteiger partial charge in [-0.2, -0.15) is 0 Å². The lowest BCUT2D eigenvalue weighted by atomic mass is 9.89. The first-order valence-corrected chi connectivity index (χ1v) is 8.81. The Kier molecular flexibility index (Phi) is 3.76. The summed E-state index contributed by atoms with van der Waals surface area (Å²) in [5.74, 6) is 0. The number of nitrogens with zero attached hydrogens (tertiary/aromatic N) is 3. The molecule has 8 heteroatoms. The van der Waals surface area contributed by atoms with Crippen LogP contribution in [0.5, 0.6) is 0 Å². The van der Waals surface area contributed by atoms with Crippen molar-refractivity contribution in [2.24, 2.45) is 0 Å². The van der Waals surface area contributed by atoms with Gasteiger partial charge in [0.1, 0.15) is 10.6 Å². The summed E-state index contributed by atoms with van der Waals surface area (Å²) in [6.45, 7) is 0. The van der Waals surface area contributed by atoms with Gasteiger partial charge in [-0.1, -0.05) is 6.42 Å². The van der Waals surface area contributed by atoms with Crippen LogP contribution in [0.25, 0.3) is 0 Å². The summed E-state index contributed by atoms with van der Waals surface area (Å²) in [5.41, 5.74) is 1.61. The van der Waals surface area contributed by atoms with E-state index < -0.39 is 0 Å². The number of anilines is 2. The van der Waals surface area contributed by atoms with Crippen LogP contribution in [0.15, 0.2) is 40.6 Å². The van der Waals surface area contributed by atoms with Crippen LogP contribution in [0.1, 0.15) is 32.1 Å². The molecule has 1 aromatic carbocycles. The second-order valence-electron chi connectivity index (χ2n) is 6.12. The smallest absolute Gasteiger partial charge is 0.285 e. The maximum atomic E-state index is 11.5. The van der Waals surface area contributed by atoms with Crippen molar-refractivity contribution < 1.29 is 4.92 Å². The number of fused-ring (bicyclic) bond motifs is 1. The molecule has 0 atom stereocenters. The average molecular weight is 343 g/mol. The molecule has 0 unspecified atom stereocenters. The molecule has 24 heavy (non-hydrogen) atoms. The van der Waals surface area contributed by atoms with Gasteiger partial charge in [0.2, 0.25) is 0 Å². The molecule has 1 aliphatic heterocycles. The van der Waals surface area contributed by atoms with Gasteiger partial charge in [-0.3, -0.25) is 10.1 Å². The highest BCUT2D eigenvalue weighted by Crippen LogP contribution is 2.49. The van der Waals surface area contributed by atoms with E-state index in [2.05, 4.69) is 20.6 Å². The maximum Gasteiger partial charge on any atom is 0.285 e. The summed E-state index contributed by atoms with van der Waals surface area (Å²) in [4.78, 5) is 20.1. The van der Waals surface area contributed by atoms with E-state index in [1.165, 1.54) is 18.2 Å². The van der Waals surface area contributed by atoms with Crippen molar-refractivity contribution in [1.82, 2.24) is 9.97 Å². The van der Waals surface area contributed by atoms with Gasteiger partial charge in [0, 0.05) is 18.5 Å². The summed E-state index contributed by atoms with van der Waals surface area (Å²) in [6.07, 6.45) is 8.85. The van der Waals surface area contributed by atoms with Crippen molar-refractivity contribution in [3.8, 4) is 0 Å². The standard InChI is InChI=1S/C16H17N5O2S/c22-21(23)12-6-5-11-13(14(12)24-15-17-9-4-10-18-15)20-16(19-11)7-2-1-3-8-16/h4-6,9-10,19-20H,1-3,7-8H2. The Balaban J connectivity index is 1.75. The summed E-state index contributed by atoms with van der Waals surface area (Å²) < 4.78 is 0. The number of rotatable bonds is 3. The lowest BCUT2D eigenvalue weighted by Gasteiger charge is -2.34. The Morgan fingerprint density at radius 3 is 2.58 bits per heavy atom. The molecular weight excluding hydrogens is 326 g/mol. The van der Waals surface area contributed by atoms with Crippen LogP contribution in [-0.2, 0) is 0 Å². The Morgan fingerprint density at radius 1 is 1.12 bits per heavy atom. The normalized spacial score (nSPS) is 17.8. The molecule has 1 aromatic heterocycles. The molecule has 1 saturated carbocycles. The fraction of sp³-hybridized carbons (Fsp3) is 0.375. The first-order valence-electron chi connectivity index (χ1n) is 8.00. The van der Waals surface area contributed by atoms with Gasteiger partial charge in [-0.25, -0.2) is 9.97 Å². The molecule has 0 amide bonds. The highest BCUT2D eigenvalue weighted by molar-refractivity contribution is 7.99. The topological polar surface area (TPSA) is 93.0 Å². The molecule has 1 aliphatic carbocycles. The molecule has 2 aliphatic rings. The number of nitrogens with one attached hydrogen (secondary N) is 2. The molecule has 4 rings (SSSR count). The molecule has 0 radical (unpaired) electrons. The third-order valence-corrected chi connectivity index (χ3v) is 5.53. The minimum absolute atomic E-state index is 0.0772. The van der Waals surface area contributed by atoms with Crippen LogP contribution >= 0.6 is 11.8 Å². The zero-order valence-electron chi connectivity index (χ0n) is 13.0. The summed E-state index contributed by atoms with van der Waals surface area (Å²) in [6, 6.07) is 5.07. The quantitative estimate of drug-likeness (QED) is 0.493. The SMILES string of the molecule is O=[N+]([O-])c1ccc2c(c1Sc1ncccn1)NC1(CCCCC1)N2. The minimum Gasteiger partial charge on any atom is -0.361 e. The first kappa shape index (κ1) is 15.2. The van der Waals surface area contributed by atoms with Crippen LogP contribution in [0.4, 0.5) is 17.1 Å². The number of benzene rings is 1. The Labute approximate surface area is 143 Å². The molecular formula is C16H17N5O2S. The van der Waals surface area contributed by atoms with Crippen molar-refractivity contribution in [2.45, 2.75) is 47.8 Å². The second kappa shape index (κ2) is 5.94. The van der Waals surface area contributed by atoms with Gasteiger partial charge in [0.05, 0.1) is 16.3 Å². The van der Waals surface area contributed by atoms with Crippen molar-refractivity contribution >= 4 is 28.8 Å². The van der Waals surface area contributed by atoms with Gasteiger partial charge in [0.15, 0.2) is 5.16 Å². The molecule has 7 nitrogen and oxygen atoms in total. The number of aromatic nitrogens is 2. The number of hydrogen-bond acceptors (Lipinski definition) is 7. The summed E-state index contributed by atoms with van der Waals surface area (Å²) >= 11 is 1.23. The lowest BCUT2D eigenvalue weighted by Crippen LogP contribution is -2.43. The highest BCUT2D eigenvalue weighted by Gasteiger charge is 2.40. The van der Waals surface area contributed by atoms with Gasteiger partial charge in [-0.05, 0) is 49.6 Å². The largest absolute Gasteiger partial charge is 0.361 e. The predicted molar refractivity (Wildman–Crippen MR) is 92.3 cm³/mol. The van der Waals surface area contributed by atoms with E-state index in [9.17, 15) is 10.1 Å². The van der Waals surface area contributed by atoms with Crippen LogP contribution in [0, 0.1) is 10.1 Å². The van der Waals surface area contributed by atoms with E-state index in [0.29, 0.717) is 10.1 Å². The molecule has 1 fully saturated rings. The van der Waals surface area contributed by atoms with Crippen molar-refractivity contribution in [1.29, 1.82) is 0 Å². The second-order valence-corrected chi connectivity index (χ2v) is 7.10. The Bertz CT molecular complexity index is 778. The predicted octanol–water partition coefficient (Wildman–Crippen LogP) is 4.03. The fourth-order valence-corrected chi connectivity index (χ4v) is 4.33. The van der Waals surface area contributed by atoms with Gasteiger partial charge < -0.3 is 10.6 Å². The minimum atomic E-state index is -0.348. The van der Waals surface area contributed by atoms with Crippen molar-refractivity contribution in [2.75, 3.05) is 10.6 Å². The van der Waals surface area contributed by atoms with E-state index >= 15 is 0 Å². The van der Waals surface area contributed by atoms with Crippen LogP contribution in [-0.4, -0.2) is 20.6 Å². The first-order chi connectivity index (χ1) is 11.7. The van der Waals surface area contributed by atoms with Gasteiger partial charge in [-0.15, -0.1) is 0 Å². The molecule has 2 aromatic rings. The van der Waals surface area contributed by atoms with Crippen LogP contribution in [0.3, 0.4) is 0 Å². The van der Waals surface area contributed by atoms with E-state index in [-0.39, 0.29) is 16.3 Å². The third kappa shape index (κ3) is 2.66. The third-order valence-electron chi connectivity index (χ3n) is 4.51. The van der Waals surface area contributed by atoms with E-state index in [1.54, 1.807) is 30.6 Å². The van der Waals surface area contributed by atoms with Crippen LogP contribution < -0.4 is 10.6 Å². The Hall–Kier alpha value is -2.35. The molecule has 124 valence electrons. The summed E-state index contributed by atoms with van der Waals surface area (Å²) in [5, 5.41) is 19.1. The van der Waals surface area contributed by atoms with E-state index in [0.717, 1.165) is 37.1 Å². The van der Waals surface area contributed by atoms with Crippen molar-refractivity contribution in [3.63, 3.8) is 0 Å². The zero-order valence-corrected chi connectivity index (χ0v) is 13.8. The highest BCUT2D eigenvalue weighted by atomic mass is 32.2. The number of nitro groups is 1. The lowest BCUT2D eigenvalue weighted by molar-refractivity contribution is -0.387. The monoisotopic (exact) mass is 343 g/mol. The average Bonchev–Trinajstić information content (AvgIpc) is 2.94. The molecule has 1 spiro atoms. The Morgan fingerprint density at radius 2 is 1.88 bits per heavy atom. The molecule has 0 bridgehead atoms. The molecule has 0 saturated heterocycles. The molecule has 2 heterocycles. The van der Waals surface area contributed by atoms with Crippen molar-refractivity contribution in [3.05, 3.63) is 40.7 Å². The molecule has 2 N–H and O–H groups in total. The van der Waals surface area contributed by atoms with Gasteiger partial charge >= 0.3 is 0 Å². The van der Waals surface area contributed by atoms with Gasteiger partial charge in [0.25, 0.3) is 5.69 Å².